The monoisotopic (exact) mass is 302 g/mol. The fourth-order valence-electron chi connectivity index (χ4n) is 2.19. The van der Waals surface area contributed by atoms with Gasteiger partial charge < -0.3 is 11.1 Å². The van der Waals surface area contributed by atoms with E-state index in [1.807, 2.05) is 0 Å². The van der Waals surface area contributed by atoms with E-state index in [4.69, 9.17) is 17.3 Å². The number of hydrogen-bond acceptors (Lipinski definition) is 2. The van der Waals surface area contributed by atoms with Crippen LogP contribution in [-0.2, 0) is 0 Å². The molecule has 1 aliphatic carbocycles. The number of halogens is 2. The zero-order valence-corrected chi connectivity index (χ0v) is 12.8. The quantitative estimate of drug-likeness (QED) is 0.836. The van der Waals surface area contributed by atoms with Crippen molar-refractivity contribution in [3.63, 3.8) is 0 Å². The van der Waals surface area contributed by atoms with Crippen molar-refractivity contribution < 1.29 is 4.79 Å². The minimum Gasteiger partial charge on any atom is -0.399 e. The largest absolute Gasteiger partial charge is 0.399 e. The molecule has 1 aromatic rings. The molecule has 19 heavy (non-hydrogen) atoms. The topological polar surface area (TPSA) is 55.1 Å². The predicted octanol–water partition coefficient (Wildman–Crippen LogP) is 3.51. The average molecular weight is 303 g/mol. The van der Waals surface area contributed by atoms with Gasteiger partial charge in [-0.15, -0.1) is 12.4 Å². The second-order valence-electron chi connectivity index (χ2n) is 5.44. The summed E-state index contributed by atoms with van der Waals surface area (Å²) < 4.78 is 0. The van der Waals surface area contributed by atoms with Crippen molar-refractivity contribution >= 4 is 35.6 Å². The highest BCUT2D eigenvalue weighted by molar-refractivity contribution is 6.34. The lowest BCUT2D eigenvalue weighted by molar-refractivity contribution is 0.0940. The van der Waals surface area contributed by atoms with Gasteiger partial charge >= 0.3 is 0 Å². The van der Waals surface area contributed by atoms with Gasteiger partial charge in [0.2, 0.25) is 0 Å². The molecule has 0 heterocycles. The summed E-state index contributed by atoms with van der Waals surface area (Å²) in [6.45, 7) is 5.13. The first-order valence-electron chi connectivity index (χ1n) is 6.28. The maximum absolute atomic E-state index is 12.0. The fourth-order valence-corrected chi connectivity index (χ4v) is 2.46. The lowest BCUT2D eigenvalue weighted by Crippen LogP contribution is -2.32. The lowest BCUT2D eigenvalue weighted by Gasteiger charge is -2.20. The smallest absolute Gasteiger partial charge is 0.252 e. The number of anilines is 1. The molecule has 3 nitrogen and oxygen atoms in total. The summed E-state index contributed by atoms with van der Waals surface area (Å²) in [5.41, 5.74) is 6.96. The van der Waals surface area contributed by atoms with Crippen molar-refractivity contribution in [3.05, 3.63) is 28.8 Å². The maximum Gasteiger partial charge on any atom is 0.252 e. The Morgan fingerprint density at radius 2 is 2.11 bits per heavy atom. The van der Waals surface area contributed by atoms with E-state index in [2.05, 4.69) is 19.2 Å². The van der Waals surface area contributed by atoms with E-state index in [0.717, 1.165) is 6.54 Å². The van der Waals surface area contributed by atoms with E-state index in [-0.39, 0.29) is 18.3 Å². The zero-order valence-electron chi connectivity index (χ0n) is 11.2. The number of amides is 1. The van der Waals surface area contributed by atoms with Crippen LogP contribution in [0, 0.1) is 11.3 Å². The van der Waals surface area contributed by atoms with Crippen LogP contribution in [0.2, 0.25) is 5.02 Å². The minimum atomic E-state index is -0.119. The molecule has 0 spiro atoms. The van der Waals surface area contributed by atoms with Crippen LogP contribution in [0.5, 0.6) is 0 Å². The van der Waals surface area contributed by atoms with Crippen LogP contribution in [-0.4, -0.2) is 12.5 Å². The van der Waals surface area contributed by atoms with Gasteiger partial charge in [0.05, 0.1) is 10.6 Å². The van der Waals surface area contributed by atoms with Crippen molar-refractivity contribution in [2.75, 3.05) is 12.3 Å². The Kier molecular flexibility index (Phi) is 5.11. The highest BCUT2D eigenvalue weighted by atomic mass is 35.5. The van der Waals surface area contributed by atoms with Crippen LogP contribution >= 0.6 is 24.0 Å². The molecule has 1 fully saturated rings. The van der Waals surface area contributed by atoms with E-state index in [1.165, 1.54) is 12.8 Å². The molecule has 2 rings (SSSR count). The van der Waals surface area contributed by atoms with Gasteiger partial charge in [-0.3, -0.25) is 4.79 Å². The van der Waals surface area contributed by atoms with Crippen molar-refractivity contribution in [3.8, 4) is 0 Å². The molecule has 3 N–H and O–H groups in total. The first kappa shape index (κ1) is 16.1. The van der Waals surface area contributed by atoms with Crippen molar-refractivity contribution in [1.29, 1.82) is 0 Å². The van der Waals surface area contributed by atoms with Crippen LogP contribution in [0.15, 0.2) is 18.2 Å². The molecule has 0 atom stereocenters. The zero-order chi connectivity index (χ0) is 13.3. The Hall–Kier alpha value is -0.930. The van der Waals surface area contributed by atoms with E-state index < -0.39 is 0 Å². The van der Waals surface area contributed by atoms with Gasteiger partial charge in [0.15, 0.2) is 0 Å². The standard InChI is InChI=1S/C14H19ClN2O.ClH/c1-9(2)14(5-6-14)8-17-13(18)11-4-3-10(16)7-12(11)15;/h3-4,7,9H,5-6,8,16H2,1-2H3,(H,17,18);1H. The van der Waals surface area contributed by atoms with Gasteiger partial charge in [-0.2, -0.15) is 0 Å². The molecule has 0 bridgehead atoms. The minimum absolute atomic E-state index is 0. The molecule has 1 aliphatic rings. The molecule has 0 saturated heterocycles. The van der Waals surface area contributed by atoms with Crippen LogP contribution in [0.4, 0.5) is 5.69 Å². The van der Waals surface area contributed by atoms with Crippen molar-refractivity contribution in [1.82, 2.24) is 5.32 Å². The molecule has 1 saturated carbocycles. The van der Waals surface area contributed by atoms with E-state index in [1.54, 1.807) is 18.2 Å². The third kappa shape index (κ3) is 3.54. The number of nitrogens with two attached hydrogens (primary N) is 1. The Morgan fingerprint density at radius 1 is 1.47 bits per heavy atom. The van der Waals surface area contributed by atoms with Gasteiger partial charge in [-0.05, 0) is 42.4 Å². The third-order valence-corrected chi connectivity index (χ3v) is 4.27. The predicted molar refractivity (Wildman–Crippen MR) is 82.0 cm³/mol. The molecule has 106 valence electrons. The second kappa shape index (κ2) is 6.02. The van der Waals surface area contributed by atoms with Gasteiger partial charge in [-0.25, -0.2) is 0 Å². The molecular formula is C14H20Cl2N2O. The van der Waals surface area contributed by atoms with Crippen LogP contribution < -0.4 is 11.1 Å². The van der Waals surface area contributed by atoms with Gasteiger partial charge in [0.25, 0.3) is 5.91 Å². The van der Waals surface area contributed by atoms with E-state index in [9.17, 15) is 4.79 Å². The summed E-state index contributed by atoms with van der Waals surface area (Å²) >= 11 is 6.01. The molecule has 5 heteroatoms. The fraction of sp³-hybridized carbons (Fsp3) is 0.500. The number of benzene rings is 1. The summed E-state index contributed by atoms with van der Waals surface area (Å²) in [6.07, 6.45) is 2.39. The van der Waals surface area contributed by atoms with E-state index >= 15 is 0 Å². The summed E-state index contributed by atoms with van der Waals surface area (Å²) in [4.78, 5) is 12.0. The molecule has 1 amide bonds. The number of nitrogen functional groups attached to an aromatic ring is 1. The Labute approximate surface area is 125 Å². The molecule has 0 aliphatic heterocycles. The van der Waals surface area contributed by atoms with Gasteiger partial charge in [0.1, 0.15) is 0 Å². The number of rotatable bonds is 4. The molecule has 0 aromatic heterocycles. The Bertz CT molecular complexity index is 471. The van der Waals surface area contributed by atoms with Crippen LogP contribution in [0.25, 0.3) is 0 Å². The lowest BCUT2D eigenvalue weighted by atomic mass is 9.92. The highest BCUT2D eigenvalue weighted by Crippen LogP contribution is 2.51. The SMILES string of the molecule is CC(C)C1(CNC(=O)c2ccc(N)cc2Cl)CC1.Cl. The number of hydrogen-bond donors (Lipinski definition) is 2. The molecule has 0 radical (unpaired) electrons. The summed E-state index contributed by atoms with van der Waals surface area (Å²) in [7, 11) is 0. The first-order chi connectivity index (χ1) is 8.44. The normalized spacial score (nSPS) is 15.8. The number of carbonyl (C=O) groups is 1. The third-order valence-electron chi connectivity index (χ3n) is 3.96. The highest BCUT2D eigenvalue weighted by Gasteiger charge is 2.45. The van der Waals surface area contributed by atoms with Gasteiger partial charge in [0, 0.05) is 12.2 Å². The maximum atomic E-state index is 12.0. The second-order valence-corrected chi connectivity index (χ2v) is 5.85. The Balaban J connectivity index is 0.00000180. The molecular weight excluding hydrogens is 283 g/mol. The number of nitrogens with one attached hydrogen (secondary N) is 1. The summed E-state index contributed by atoms with van der Waals surface area (Å²) in [5.74, 6) is 0.478. The average Bonchev–Trinajstić information content (AvgIpc) is 3.07. The van der Waals surface area contributed by atoms with Gasteiger partial charge in [-0.1, -0.05) is 25.4 Å². The first-order valence-corrected chi connectivity index (χ1v) is 6.66. The van der Waals surface area contributed by atoms with E-state index in [0.29, 0.717) is 27.6 Å². The van der Waals surface area contributed by atoms with Crippen molar-refractivity contribution in [2.24, 2.45) is 11.3 Å². The molecule has 0 unspecified atom stereocenters. The summed E-state index contributed by atoms with van der Waals surface area (Å²) in [5, 5.41) is 3.38. The van der Waals surface area contributed by atoms with Crippen LogP contribution in [0.1, 0.15) is 37.0 Å². The number of carbonyl (C=O) groups excluding carboxylic acids is 1. The summed E-state index contributed by atoms with van der Waals surface area (Å²) in [6, 6.07) is 4.96. The van der Waals surface area contributed by atoms with Crippen molar-refractivity contribution in [2.45, 2.75) is 26.7 Å². The Morgan fingerprint density at radius 3 is 2.58 bits per heavy atom. The molecule has 1 aromatic carbocycles. The van der Waals surface area contributed by atoms with Crippen LogP contribution in [0.3, 0.4) is 0 Å².